The van der Waals surface area contributed by atoms with E-state index in [0.29, 0.717) is 23.0 Å². The quantitative estimate of drug-likeness (QED) is 0.513. The molecule has 0 atom stereocenters. The number of benzene rings is 2. The molecule has 0 aliphatic carbocycles. The first-order valence-electron chi connectivity index (χ1n) is 8.07. The van der Waals surface area contributed by atoms with Crippen LogP contribution in [0, 0.1) is 0 Å². The van der Waals surface area contributed by atoms with Gasteiger partial charge in [-0.05, 0) is 24.3 Å². The fourth-order valence-corrected chi connectivity index (χ4v) is 3.02. The van der Waals surface area contributed by atoms with Crippen LogP contribution in [0.3, 0.4) is 0 Å². The molecule has 0 radical (unpaired) electrons. The first-order chi connectivity index (χ1) is 13.1. The van der Waals surface area contributed by atoms with Gasteiger partial charge in [0.1, 0.15) is 0 Å². The van der Waals surface area contributed by atoms with Crippen molar-refractivity contribution in [2.75, 3.05) is 7.11 Å². The minimum Gasteiger partial charge on any atom is -0.493 e. The first kappa shape index (κ1) is 17.3. The topological polar surface area (TPSA) is 90.4 Å². The highest BCUT2D eigenvalue weighted by Crippen LogP contribution is 2.28. The van der Waals surface area contributed by atoms with E-state index < -0.39 is 0 Å². The molecule has 0 bridgehead atoms. The average molecular weight is 428 g/mol. The minimum absolute atomic E-state index is 0.0913. The number of nitrogens with zero attached hydrogens (tertiary/aromatic N) is 2. The maximum atomic E-state index is 12.4. The van der Waals surface area contributed by atoms with Crippen LogP contribution in [0.1, 0.15) is 16.4 Å². The number of carbonyl (C=O) groups is 1. The van der Waals surface area contributed by atoms with Crippen LogP contribution in [0.15, 0.2) is 61.9 Å². The van der Waals surface area contributed by atoms with Gasteiger partial charge in [0.15, 0.2) is 17.1 Å². The van der Waals surface area contributed by atoms with Crippen LogP contribution >= 0.6 is 15.9 Å². The highest BCUT2D eigenvalue weighted by atomic mass is 79.9. The standard InChI is InChI=1S/C19H14BrN3O4/c1-25-14-7-3-4-11-9-15(26-17(11)14)19(24)21-10-16-22-18(23-27-16)12-5-2-6-13(20)8-12/h2-9H,10H2,1H3,(H,21,24). The van der Waals surface area contributed by atoms with Crippen molar-refractivity contribution in [3.63, 3.8) is 0 Å². The van der Waals surface area contributed by atoms with Crippen molar-refractivity contribution in [3.8, 4) is 17.1 Å². The lowest BCUT2D eigenvalue weighted by Gasteiger charge is -1.99. The Kier molecular flexibility index (Phi) is 4.64. The van der Waals surface area contributed by atoms with E-state index in [1.54, 1.807) is 19.2 Å². The molecule has 136 valence electrons. The number of ether oxygens (including phenoxy) is 1. The zero-order chi connectivity index (χ0) is 18.8. The number of methoxy groups -OCH3 is 1. The number of rotatable bonds is 5. The summed E-state index contributed by atoms with van der Waals surface area (Å²) in [6.45, 7) is 0.0913. The smallest absolute Gasteiger partial charge is 0.287 e. The molecular weight excluding hydrogens is 414 g/mol. The number of furan rings is 1. The van der Waals surface area contributed by atoms with E-state index in [2.05, 4.69) is 31.4 Å². The zero-order valence-corrected chi connectivity index (χ0v) is 15.8. The predicted molar refractivity (Wildman–Crippen MR) is 101 cm³/mol. The van der Waals surface area contributed by atoms with Gasteiger partial charge in [-0.3, -0.25) is 4.79 Å². The van der Waals surface area contributed by atoms with Crippen LogP contribution in [0.5, 0.6) is 5.75 Å². The van der Waals surface area contributed by atoms with Crippen molar-refractivity contribution in [1.29, 1.82) is 0 Å². The Morgan fingerprint density at radius 2 is 2.07 bits per heavy atom. The number of fused-ring (bicyclic) bond motifs is 1. The van der Waals surface area contributed by atoms with Crippen molar-refractivity contribution >= 4 is 32.8 Å². The molecule has 1 amide bonds. The number of hydrogen-bond acceptors (Lipinski definition) is 6. The Labute approximate surface area is 162 Å². The van der Waals surface area contributed by atoms with Crippen LogP contribution in [0.4, 0.5) is 0 Å². The highest BCUT2D eigenvalue weighted by Gasteiger charge is 2.16. The molecular formula is C19H14BrN3O4. The van der Waals surface area contributed by atoms with Gasteiger partial charge in [-0.15, -0.1) is 0 Å². The second-order valence-corrected chi connectivity index (χ2v) is 6.61. The Morgan fingerprint density at radius 1 is 1.22 bits per heavy atom. The molecule has 1 N–H and O–H groups in total. The highest BCUT2D eigenvalue weighted by molar-refractivity contribution is 9.10. The SMILES string of the molecule is COc1cccc2cc(C(=O)NCc3nc(-c4cccc(Br)c4)no3)oc12. The monoisotopic (exact) mass is 427 g/mol. The van der Waals surface area contributed by atoms with E-state index in [4.69, 9.17) is 13.7 Å². The van der Waals surface area contributed by atoms with E-state index in [1.165, 1.54) is 0 Å². The van der Waals surface area contributed by atoms with Gasteiger partial charge in [0, 0.05) is 15.4 Å². The van der Waals surface area contributed by atoms with Crippen molar-refractivity contribution < 1.29 is 18.5 Å². The van der Waals surface area contributed by atoms with Crippen LogP contribution in [0.2, 0.25) is 0 Å². The predicted octanol–water partition coefficient (Wildman–Crippen LogP) is 4.18. The van der Waals surface area contributed by atoms with Crippen molar-refractivity contribution in [1.82, 2.24) is 15.5 Å². The summed E-state index contributed by atoms with van der Waals surface area (Å²) in [6.07, 6.45) is 0. The number of para-hydroxylation sites is 1. The second kappa shape index (κ2) is 7.24. The summed E-state index contributed by atoms with van der Waals surface area (Å²) in [6, 6.07) is 14.7. The van der Waals surface area contributed by atoms with E-state index in [0.717, 1.165) is 15.4 Å². The van der Waals surface area contributed by atoms with Crippen LogP contribution in [-0.4, -0.2) is 23.2 Å². The van der Waals surface area contributed by atoms with E-state index >= 15 is 0 Å². The fraction of sp³-hybridized carbons (Fsp3) is 0.105. The number of carbonyl (C=O) groups excluding carboxylic acids is 1. The Bertz CT molecular complexity index is 1120. The summed E-state index contributed by atoms with van der Waals surface area (Å²) >= 11 is 3.40. The van der Waals surface area contributed by atoms with Gasteiger partial charge in [-0.1, -0.05) is 45.4 Å². The molecule has 4 aromatic rings. The van der Waals surface area contributed by atoms with Crippen LogP contribution in [0.25, 0.3) is 22.4 Å². The van der Waals surface area contributed by atoms with E-state index in [-0.39, 0.29) is 18.2 Å². The van der Waals surface area contributed by atoms with E-state index in [1.807, 2.05) is 36.4 Å². The number of halogens is 1. The molecule has 2 aromatic carbocycles. The molecule has 2 heterocycles. The molecule has 0 fully saturated rings. The molecule has 7 nitrogen and oxygen atoms in total. The molecule has 0 aliphatic heterocycles. The third-order valence-corrected chi connectivity index (χ3v) is 4.40. The van der Waals surface area contributed by atoms with Gasteiger partial charge >= 0.3 is 0 Å². The minimum atomic E-state index is -0.379. The molecule has 0 spiro atoms. The van der Waals surface area contributed by atoms with E-state index in [9.17, 15) is 4.79 Å². The average Bonchev–Trinajstić information content (AvgIpc) is 3.33. The van der Waals surface area contributed by atoms with Crippen molar-refractivity contribution in [3.05, 3.63) is 64.7 Å². The number of amides is 1. The van der Waals surface area contributed by atoms with Gasteiger partial charge in [0.05, 0.1) is 13.7 Å². The molecule has 0 saturated carbocycles. The van der Waals surface area contributed by atoms with Gasteiger partial charge in [-0.2, -0.15) is 4.98 Å². The normalized spacial score (nSPS) is 10.9. The van der Waals surface area contributed by atoms with Crippen molar-refractivity contribution in [2.24, 2.45) is 0 Å². The fourth-order valence-electron chi connectivity index (χ4n) is 2.62. The van der Waals surface area contributed by atoms with Gasteiger partial charge < -0.3 is 19.0 Å². The van der Waals surface area contributed by atoms with Gasteiger partial charge in [-0.25, -0.2) is 0 Å². The summed E-state index contributed by atoms with van der Waals surface area (Å²) in [5.41, 5.74) is 1.34. The Balaban J connectivity index is 1.47. The summed E-state index contributed by atoms with van der Waals surface area (Å²) in [5, 5.41) is 7.43. The number of aromatic nitrogens is 2. The third kappa shape index (κ3) is 3.56. The third-order valence-electron chi connectivity index (χ3n) is 3.90. The lowest BCUT2D eigenvalue weighted by Crippen LogP contribution is -2.22. The maximum absolute atomic E-state index is 12.4. The number of hydrogen-bond donors (Lipinski definition) is 1. The number of nitrogens with one attached hydrogen (secondary N) is 1. The molecule has 27 heavy (non-hydrogen) atoms. The Hall–Kier alpha value is -3.13. The lowest BCUT2D eigenvalue weighted by atomic mass is 10.2. The van der Waals surface area contributed by atoms with Crippen LogP contribution < -0.4 is 10.1 Å². The molecule has 2 aromatic heterocycles. The second-order valence-electron chi connectivity index (χ2n) is 5.69. The maximum Gasteiger partial charge on any atom is 0.287 e. The van der Waals surface area contributed by atoms with Gasteiger partial charge in [0.25, 0.3) is 5.91 Å². The Morgan fingerprint density at radius 3 is 2.89 bits per heavy atom. The van der Waals surface area contributed by atoms with Gasteiger partial charge in [0.2, 0.25) is 11.7 Å². The summed E-state index contributed by atoms with van der Waals surface area (Å²) in [5.74, 6) is 1.12. The molecule has 0 aliphatic rings. The largest absolute Gasteiger partial charge is 0.493 e. The van der Waals surface area contributed by atoms with Crippen LogP contribution in [-0.2, 0) is 6.54 Å². The lowest BCUT2D eigenvalue weighted by molar-refractivity contribution is 0.0920. The summed E-state index contributed by atoms with van der Waals surface area (Å²) in [7, 11) is 1.55. The molecule has 0 saturated heterocycles. The summed E-state index contributed by atoms with van der Waals surface area (Å²) < 4.78 is 17.0. The zero-order valence-electron chi connectivity index (χ0n) is 14.2. The van der Waals surface area contributed by atoms with Crippen molar-refractivity contribution in [2.45, 2.75) is 6.54 Å². The molecule has 0 unspecified atom stereocenters. The molecule has 4 rings (SSSR count). The first-order valence-corrected chi connectivity index (χ1v) is 8.86. The molecule has 8 heteroatoms. The summed E-state index contributed by atoms with van der Waals surface area (Å²) in [4.78, 5) is 16.7.